The number of carbonyl (C=O) groups excluding carboxylic acids is 3. The Morgan fingerprint density at radius 2 is 1.59 bits per heavy atom. The Morgan fingerprint density at radius 3 is 2.32 bits per heavy atom. The van der Waals surface area contributed by atoms with Crippen molar-refractivity contribution in [3.8, 4) is 0 Å². The Bertz CT molecular complexity index is 1160. The van der Waals surface area contributed by atoms with E-state index in [1.165, 1.54) is 0 Å². The number of amides is 3. The molecule has 34 heavy (non-hydrogen) atoms. The highest BCUT2D eigenvalue weighted by atomic mass is 16.2. The minimum atomic E-state index is -0.241. The summed E-state index contributed by atoms with van der Waals surface area (Å²) in [7, 11) is 1.77. The number of aryl methyl sites for hydroxylation is 1. The molecule has 0 aliphatic rings. The average Bonchev–Trinajstić information content (AvgIpc) is 2.85. The van der Waals surface area contributed by atoms with Gasteiger partial charge in [0.15, 0.2) is 0 Å². The molecule has 0 unspecified atom stereocenters. The molecule has 0 bridgehead atoms. The van der Waals surface area contributed by atoms with E-state index >= 15 is 0 Å². The molecular weight excluding hydrogens is 428 g/mol. The van der Waals surface area contributed by atoms with Gasteiger partial charge in [-0.1, -0.05) is 49.4 Å². The summed E-state index contributed by atoms with van der Waals surface area (Å²) < 4.78 is 0. The molecule has 0 fully saturated rings. The van der Waals surface area contributed by atoms with Gasteiger partial charge in [0.2, 0.25) is 11.8 Å². The highest BCUT2D eigenvalue weighted by molar-refractivity contribution is 5.97. The summed E-state index contributed by atoms with van der Waals surface area (Å²) in [6, 6.07) is 22.3. The van der Waals surface area contributed by atoms with Crippen molar-refractivity contribution in [2.24, 2.45) is 0 Å². The van der Waals surface area contributed by atoms with Gasteiger partial charge in [-0.3, -0.25) is 14.4 Å². The highest BCUT2D eigenvalue weighted by Crippen LogP contribution is 2.21. The topological polar surface area (TPSA) is 90.5 Å². The SMILES string of the molecule is CCC(=O)Nc1cc(NC(=O)CNc2cccc(C(=O)N(C)Cc3ccccc3)c2)ccc1C. The van der Waals surface area contributed by atoms with Crippen LogP contribution < -0.4 is 16.0 Å². The largest absolute Gasteiger partial charge is 0.376 e. The van der Waals surface area contributed by atoms with Crippen LogP contribution in [0.2, 0.25) is 0 Å². The summed E-state index contributed by atoms with van der Waals surface area (Å²) in [6.07, 6.45) is 0.379. The van der Waals surface area contributed by atoms with E-state index in [0.29, 0.717) is 35.6 Å². The first-order valence-corrected chi connectivity index (χ1v) is 11.2. The van der Waals surface area contributed by atoms with E-state index in [-0.39, 0.29) is 24.3 Å². The lowest BCUT2D eigenvalue weighted by atomic mass is 10.1. The van der Waals surface area contributed by atoms with Crippen molar-refractivity contribution < 1.29 is 14.4 Å². The molecule has 0 radical (unpaired) electrons. The van der Waals surface area contributed by atoms with Crippen LogP contribution in [0.25, 0.3) is 0 Å². The molecule has 3 amide bonds. The molecule has 3 aromatic carbocycles. The van der Waals surface area contributed by atoms with Gasteiger partial charge in [-0.15, -0.1) is 0 Å². The molecule has 3 aromatic rings. The zero-order valence-electron chi connectivity index (χ0n) is 19.7. The quantitative estimate of drug-likeness (QED) is 0.435. The predicted octanol–water partition coefficient (Wildman–Crippen LogP) is 4.67. The van der Waals surface area contributed by atoms with Gasteiger partial charge in [0.25, 0.3) is 5.91 Å². The van der Waals surface area contributed by atoms with Crippen LogP contribution in [-0.4, -0.2) is 36.2 Å². The van der Waals surface area contributed by atoms with Crippen molar-refractivity contribution in [2.75, 3.05) is 29.5 Å². The second-order valence-electron chi connectivity index (χ2n) is 8.06. The van der Waals surface area contributed by atoms with Crippen molar-refractivity contribution in [3.05, 3.63) is 89.5 Å². The number of benzene rings is 3. The van der Waals surface area contributed by atoms with E-state index in [0.717, 1.165) is 11.1 Å². The molecule has 0 aromatic heterocycles. The first-order chi connectivity index (χ1) is 16.4. The molecule has 0 saturated heterocycles. The molecule has 0 spiro atoms. The first-order valence-electron chi connectivity index (χ1n) is 11.2. The Morgan fingerprint density at radius 1 is 0.824 bits per heavy atom. The van der Waals surface area contributed by atoms with Gasteiger partial charge in [-0.05, 0) is 48.4 Å². The Hall–Kier alpha value is -4.13. The second kappa shape index (κ2) is 11.7. The van der Waals surface area contributed by atoms with Crippen LogP contribution in [0, 0.1) is 6.92 Å². The second-order valence-corrected chi connectivity index (χ2v) is 8.06. The van der Waals surface area contributed by atoms with Crippen LogP contribution in [0.4, 0.5) is 17.1 Å². The van der Waals surface area contributed by atoms with E-state index in [1.807, 2.05) is 49.4 Å². The van der Waals surface area contributed by atoms with Crippen molar-refractivity contribution >= 4 is 34.8 Å². The van der Waals surface area contributed by atoms with E-state index in [1.54, 1.807) is 49.2 Å². The van der Waals surface area contributed by atoms with Crippen LogP contribution in [0.15, 0.2) is 72.8 Å². The summed E-state index contributed by atoms with van der Waals surface area (Å²) in [5.41, 5.74) is 4.45. The zero-order chi connectivity index (χ0) is 24.5. The van der Waals surface area contributed by atoms with E-state index < -0.39 is 0 Å². The lowest BCUT2D eigenvalue weighted by molar-refractivity contribution is -0.116. The fourth-order valence-electron chi connectivity index (χ4n) is 3.37. The fourth-order valence-corrected chi connectivity index (χ4v) is 3.37. The molecule has 7 heteroatoms. The minimum Gasteiger partial charge on any atom is -0.376 e. The normalized spacial score (nSPS) is 10.3. The van der Waals surface area contributed by atoms with E-state index in [9.17, 15) is 14.4 Å². The average molecular weight is 459 g/mol. The van der Waals surface area contributed by atoms with Gasteiger partial charge >= 0.3 is 0 Å². The lowest BCUT2D eigenvalue weighted by Crippen LogP contribution is -2.26. The summed E-state index contributed by atoms with van der Waals surface area (Å²) >= 11 is 0. The summed E-state index contributed by atoms with van der Waals surface area (Å²) in [5.74, 6) is -0.426. The third kappa shape index (κ3) is 6.93. The zero-order valence-corrected chi connectivity index (χ0v) is 19.7. The fraction of sp³-hybridized carbons (Fsp3) is 0.222. The number of hydrogen-bond donors (Lipinski definition) is 3. The van der Waals surface area contributed by atoms with Gasteiger partial charge in [0.1, 0.15) is 0 Å². The molecule has 3 N–H and O–H groups in total. The predicted molar refractivity (Wildman–Crippen MR) is 136 cm³/mol. The monoisotopic (exact) mass is 458 g/mol. The van der Waals surface area contributed by atoms with Crippen molar-refractivity contribution in [1.29, 1.82) is 0 Å². The molecule has 7 nitrogen and oxygen atoms in total. The molecule has 176 valence electrons. The maximum Gasteiger partial charge on any atom is 0.253 e. The van der Waals surface area contributed by atoms with Crippen LogP contribution in [0.1, 0.15) is 34.8 Å². The Balaban J connectivity index is 1.57. The van der Waals surface area contributed by atoms with Crippen molar-refractivity contribution in [1.82, 2.24) is 4.90 Å². The van der Waals surface area contributed by atoms with E-state index in [4.69, 9.17) is 0 Å². The summed E-state index contributed by atoms with van der Waals surface area (Å²) in [6.45, 7) is 4.22. The van der Waals surface area contributed by atoms with Gasteiger partial charge in [-0.2, -0.15) is 0 Å². The number of rotatable bonds is 9. The van der Waals surface area contributed by atoms with Gasteiger partial charge in [0, 0.05) is 42.6 Å². The third-order valence-electron chi connectivity index (χ3n) is 5.29. The Kier molecular flexibility index (Phi) is 8.40. The standard InChI is InChI=1S/C27H30N4O3/c1-4-25(32)30-24-16-23(14-13-19(24)2)29-26(33)17-28-22-12-8-11-21(15-22)27(34)31(3)18-20-9-6-5-7-10-20/h5-16,28H,4,17-18H2,1-3H3,(H,29,33)(H,30,32). The number of hydrogen-bond acceptors (Lipinski definition) is 4. The smallest absolute Gasteiger partial charge is 0.253 e. The van der Waals surface area contributed by atoms with Crippen molar-refractivity contribution in [3.63, 3.8) is 0 Å². The van der Waals surface area contributed by atoms with E-state index in [2.05, 4.69) is 16.0 Å². The number of carbonyl (C=O) groups is 3. The first kappa shape index (κ1) is 24.5. The number of anilines is 3. The summed E-state index contributed by atoms with van der Waals surface area (Å²) in [4.78, 5) is 38.6. The number of nitrogens with one attached hydrogen (secondary N) is 3. The van der Waals surface area contributed by atoms with Gasteiger partial charge in [-0.25, -0.2) is 0 Å². The Labute approximate surface area is 200 Å². The lowest BCUT2D eigenvalue weighted by Gasteiger charge is -2.18. The highest BCUT2D eigenvalue weighted by Gasteiger charge is 2.13. The molecule has 3 rings (SSSR count). The molecule has 0 saturated carbocycles. The van der Waals surface area contributed by atoms with Crippen molar-refractivity contribution in [2.45, 2.75) is 26.8 Å². The molecule has 0 aliphatic carbocycles. The molecule has 0 atom stereocenters. The third-order valence-corrected chi connectivity index (χ3v) is 5.29. The molecule has 0 aliphatic heterocycles. The van der Waals surface area contributed by atoms with Crippen LogP contribution in [-0.2, 0) is 16.1 Å². The minimum absolute atomic E-state index is 0.0298. The maximum absolute atomic E-state index is 12.8. The van der Waals surface area contributed by atoms with Gasteiger partial charge in [0.05, 0.1) is 6.54 Å². The maximum atomic E-state index is 12.8. The number of nitrogens with zero attached hydrogens (tertiary/aromatic N) is 1. The summed E-state index contributed by atoms with van der Waals surface area (Å²) in [5, 5.41) is 8.72. The van der Waals surface area contributed by atoms with Crippen LogP contribution >= 0.6 is 0 Å². The van der Waals surface area contributed by atoms with Gasteiger partial charge < -0.3 is 20.9 Å². The van der Waals surface area contributed by atoms with Crippen LogP contribution in [0.3, 0.4) is 0 Å². The molecule has 0 heterocycles. The molecular formula is C27H30N4O3. The van der Waals surface area contributed by atoms with Crippen LogP contribution in [0.5, 0.6) is 0 Å².